The van der Waals surface area contributed by atoms with E-state index in [1.165, 1.54) is 35.7 Å². The van der Waals surface area contributed by atoms with Gasteiger partial charge in [0, 0.05) is 19.5 Å². The van der Waals surface area contributed by atoms with E-state index in [1.807, 2.05) is 0 Å². The van der Waals surface area contributed by atoms with E-state index in [0.717, 1.165) is 25.7 Å². The number of amides is 1. The molecule has 0 heterocycles. The third kappa shape index (κ3) is 7.27. The second-order valence-electron chi connectivity index (χ2n) is 10.5. The second kappa shape index (κ2) is 10.7. The molecule has 0 saturated carbocycles. The van der Waals surface area contributed by atoms with Crippen LogP contribution < -0.4 is 10.6 Å². The molecule has 3 rings (SSSR count). The third-order valence-electron chi connectivity index (χ3n) is 6.15. The molecular weight excluding hydrogens is 419 g/mol. The Morgan fingerprint density at radius 1 is 1.18 bits per heavy atom. The SMILES string of the molecule is CC(=O)N[C@H](Cc1ccc(O)c(F)c1)[C@H](O)CN[C@H]1CCCc2ccc(CC(C)(C)C)cc21. The molecule has 33 heavy (non-hydrogen) atoms. The van der Waals surface area contributed by atoms with Crippen LogP contribution in [0.5, 0.6) is 5.75 Å². The molecule has 5 nitrogen and oxygen atoms in total. The van der Waals surface area contributed by atoms with Crippen molar-refractivity contribution in [2.75, 3.05) is 6.54 Å². The van der Waals surface area contributed by atoms with Crippen molar-refractivity contribution in [3.05, 3.63) is 64.5 Å². The zero-order chi connectivity index (χ0) is 24.2. The van der Waals surface area contributed by atoms with Gasteiger partial charge in [-0.05, 0) is 71.9 Å². The minimum Gasteiger partial charge on any atom is -0.505 e. The molecule has 1 aliphatic carbocycles. The molecule has 2 aromatic rings. The summed E-state index contributed by atoms with van der Waals surface area (Å²) in [6.07, 6.45) is 3.55. The van der Waals surface area contributed by atoms with Gasteiger partial charge >= 0.3 is 0 Å². The number of nitrogens with one attached hydrogen (secondary N) is 2. The molecule has 0 saturated heterocycles. The summed E-state index contributed by atoms with van der Waals surface area (Å²) in [5.74, 6) is -1.39. The highest BCUT2D eigenvalue weighted by Crippen LogP contribution is 2.32. The fraction of sp³-hybridized carbons (Fsp3) is 0.519. The predicted molar refractivity (Wildman–Crippen MR) is 129 cm³/mol. The number of hydrogen-bond donors (Lipinski definition) is 4. The van der Waals surface area contributed by atoms with E-state index < -0.39 is 23.7 Å². The van der Waals surface area contributed by atoms with Crippen LogP contribution in [0.15, 0.2) is 36.4 Å². The molecule has 2 aromatic carbocycles. The normalized spacial score (nSPS) is 17.8. The van der Waals surface area contributed by atoms with Gasteiger partial charge in [0.1, 0.15) is 0 Å². The first-order chi connectivity index (χ1) is 15.5. The molecule has 180 valence electrons. The highest BCUT2D eigenvalue weighted by molar-refractivity contribution is 5.73. The van der Waals surface area contributed by atoms with Gasteiger partial charge in [0.05, 0.1) is 12.1 Å². The molecule has 0 spiro atoms. The summed E-state index contributed by atoms with van der Waals surface area (Å²) in [5.41, 5.74) is 4.77. The van der Waals surface area contributed by atoms with Crippen LogP contribution in [0.25, 0.3) is 0 Å². The van der Waals surface area contributed by atoms with Gasteiger partial charge in [-0.25, -0.2) is 4.39 Å². The Morgan fingerprint density at radius 2 is 1.91 bits per heavy atom. The first-order valence-electron chi connectivity index (χ1n) is 11.8. The summed E-state index contributed by atoms with van der Waals surface area (Å²) in [4.78, 5) is 11.7. The number of fused-ring (bicyclic) bond motifs is 1. The molecule has 1 aliphatic rings. The van der Waals surface area contributed by atoms with Crippen molar-refractivity contribution in [2.45, 2.75) is 78.0 Å². The number of halogens is 1. The number of benzene rings is 2. The summed E-state index contributed by atoms with van der Waals surface area (Å²) in [6, 6.07) is 10.5. The minimum atomic E-state index is -0.853. The maximum atomic E-state index is 13.7. The van der Waals surface area contributed by atoms with E-state index >= 15 is 0 Å². The van der Waals surface area contributed by atoms with Gasteiger partial charge in [-0.15, -0.1) is 0 Å². The Morgan fingerprint density at radius 3 is 2.58 bits per heavy atom. The summed E-state index contributed by atoms with van der Waals surface area (Å²) in [7, 11) is 0. The van der Waals surface area contributed by atoms with Crippen molar-refractivity contribution in [1.82, 2.24) is 10.6 Å². The van der Waals surface area contributed by atoms with Crippen molar-refractivity contribution in [3.8, 4) is 5.75 Å². The predicted octanol–water partition coefficient (Wildman–Crippen LogP) is 4.20. The van der Waals surface area contributed by atoms with Crippen LogP contribution in [0, 0.1) is 11.2 Å². The molecule has 0 aliphatic heterocycles. The van der Waals surface area contributed by atoms with Gasteiger partial charge in [0.25, 0.3) is 0 Å². The number of aromatic hydroxyl groups is 1. The van der Waals surface area contributed by atoms with Crippen molar-refractivity contribution < 1.29 is 19.4 Å². The fourth-order valence-electron chi connectivity index (χ4n) is 4.66. The number of rotatable bonds is 8. The molecule has 0 radical (unpaired) electrons. The average molecular weight is 457 g/mol. The molecule has 1 amide bonds. The van der Waals surface area contributed by atoms with Gasteiger partial charge in [0.2, 0.25) is 5.91 Å². The first kappa shape index (κ1) is 25.2. The zero-order valence-corrected chi connectivity index (χ0v) is 20.1. The maximum absolute atomic E-state index is 13.7. The van der Waals surface area contributed by atoms with Crippen LogP contribution in [-0.2, 0) is 24.1 Å². The Kier molecular flexibility index (Phi) is 8.14. The topological polar surface area (TPSA) is 81.6 Å². The average Bonchev–Trinajstić information content (AvgIpc) is 2.72. The Balaban J connectivity index is 1.70. The van der Waals surface area contributed by atoms with Gasteiger partial charge in [-0.1, -0.05) is 45.0 Å². The Hall–Kier alpha value is -2.44. The maximum Gasteiger partial charge on any atom is 0.217 e. The lowest BCUT2D eigenvalue weighted by atomic mass is 9.82. The molecule has 0 aromatic heterocycles. The Labute approximate surface area is 196 Å². The van der Waals surface area contributed by atoms with E-state index in [-0.39, 0.29) is 23.8 Å². The Bertz CT molecular complexity index is 970. The molecule has 6 heteroatoms. The van der Waals surface area contributed by atoms with Crippen LogP contribution in [-0.4, -0.2) is 34.8 Å². The van der Waals surface area contributed by atoms with Crippen molar-refractivity contribution >= 4 is 5.91 Å². The number of carbonyl (C=O) groups excluding carboxylic acids is 1. The summed E-state index contributed by atoms with van der Waals surface area (Å²) >= 11 is 0. The molecule has 0 bridgehead atoms. The van der Waals surface area contributed by atoms with Crippen molar-refractivity contribution in [2.24, 2.45) is 5.41 Å². The summed E-state index contributed by atoms with van der Waals surface area (Å²) < 4.78 is 13.7. The lowest BCUT2D eigenvalue weighted by Gasteiger charge is -2.31. The summed E-state index contributed by atoms with van der Waals surface area (Å²) in [5, 5.41) is 26.6. The zero-order valence-electron chi connectivity index (χ0n) is 20.1. The van der Waals surface area contributed by atoms with Crippen LogP contribution in [0.2, 0.25) is 0 Å². The van der Waals surface area contributed by atoms with Crippen LogP contribution in [0.4, 0.5) is 4.39 Å². The van der Waals surface area contributed by atoms with Crippen LogP contribution in [0.3, 0.4) is 0 Å². The van der Waals surface area contributed by atoms with Crippen molar-refractivity contribution in [3.63, 3.8) is 0 Å². The largest absolute Gasteiger partial charge is 0.505 e. The first-order valence-corrected chi connectivity index (χ1v) is 11.8. The smallest absolute Gasteiger partial charge is 0.217 e. The number of carbonyl (C=O) groups is 1. The highest BCUT2D eigenvalue weighted by atomic mass is 19.1. The monoisotopic (exact) mass is 456 g/mol. The number of aliphatic hydroxyl groups is 1. The van der Waals surface area contributed by atoms with Crippen molar-refractivity contribution in [1.29, 1.82) is 0 Å². The fourth-order valence-corrected chi connectivity index (χ4v) is 4.66. The van der Waals surface area contributed by atoms with E-state index in [2.05, 4.69) is 49.6 Å². The quantitative estimate of drug-likeness (QED) is 0.480. The van der Waals surface area contributed by atoms with Gasteiger partial charge in [-0.2, -0.15) is 0 Å². The summed E-state index contributed by atoms with van der Waals surface area (Å²) in [6.45, 7) is 8.42. The number of aryl methyl sites for hydroxylation is 1. The molecule has 0 unspecified atom stereocenters. The lowest BCUT2D eigenvalue weighted by Crippen LogP contribution is -2.48. The van der Waals surface area contributed by atoms with E-state index in [1.54, 1.807) is 6.07 Å². The number of phenolic OH excluding ortho intramolecular Hbond substituents is 1. The molecule has 0 fully saturated rings. The number of phenols is 1. The van der Waals surface area contributed by atoms with Crippen LogP contribution in [0.1, 0.15) is 68.8 Å². The molecule has 4 N–H and O–H groups in total. The highest BCUT2D eigenvalue weighted by Gasteiger charge is 2.25. The lowest BCUT2D eigenvalue weighted by molar-refractivity contribution is -0.120. The van der Waals surface area contributed by atoms with E-state index in [0.29, 0.717) is 12.1 Å². The number of hydrogen-bond acceptors (Lipinski definition) is 4. The van der Waals surface area contributed by atoms with E-state index in [9.17, 15) is 19.4 Å². The molecular formula is C27H37FN2O3. The van der Waals surface area contributed by atoms with Gasteiger partial charge in [0.15, 0.2) is 11.6 Å². The third-order valence-corrected chi connectivity index (χ3v) is 6.15. The standard InChI is InChI=1S/C27H37FN2O3/c1-17(31)30-24(14-18-9-11-25(32)22(28)13-18)26(33)16-29-23-7-5-6-20-10-8-19(12-21(20)23)15-27(2,3)4/h8-13,23-24,26,29,32-33H,5-7,14-16H2,1-4H3,(H,30,31)/t23-,24+,26+/m0/s1. The van der Waals surface area contributed by atoms with Gasteiger partial charge < -0.3 is 20.8 Å². The van der Waals surface area contributed by atoms with Crippen LogP contribution >= 0.6 is 0 Å². The number of aliphatic hydroxyl groups excluding tert-OH is 1. The molecule has 3 atom stereocenters. The van der Waals surface area contributed by atoms with E-state index in [4.69, 9.17) is 0 Å². The second-order valence-corrected chi connectivity index (χ2v) is 10.5. The van der Waals surface area contributed by atoms with Gasteiger partial charge in [-0.3, -0.25) is 4.79 Å². The minimum absolute atomic E-state index is 0.146.